The summed E-state index contributed by atoms with van der Waals surface area (Å²) in [7, 11) is 0. The van der Waals surface area contributed by atoms with Crippen LogP contribution in [0.4, 0.5) is 0 Å². The van der Waals surface area contributed by atoms with Crippen LogP contribution in [0.3, 0.4) is 0 Å². The number of hydrogen-bond donors (Lipinski definition) is 1. The summed E-state index contributed by atoms with van der Waals surface area (Å²) >= 11 is 0. The molecule has 0 fully saturated rings. The zero-order valence-corrected chi connectivity index (χ0v) is 9.07. The van der Waals surface area contributed by atoms with E-state index < -0.39 is 0 Å². The van der Waals surface area contributed by atoms with Gasteiger partial charge in [-0.3, -0.25) is 5.10 Å². The molecule has 16 heavy (non-hydrogen) atoms. The number of nitrogens with one attached hydrogen (secondary N) is 1. The average Bonchev–Trinajstić information content (AvgIpc) is 2.72. The zero-order chi connectivity index (χ0) is 11.0. The Kier molecular flexibility index (Phi) is 2.00. The van der Waals surface area contributed by atoms with Crippen LogP contribution < -0.4 is 0 Å². The van der Waals surface area contributed by atoms with Crippen molar-refractivity contribution >= 4 is 10.9 Å². The molecule has 0 aliphatic heterocycles. The first-order chi connectivity index (χ1) is 7.84. The van der Waals surface area contributed by atoms with Crippen molar-refractivity contribution in [2.75, 3.05) is 0 Å². The highest BCUT2D eigenvalue weighted by Crippen LogP contribution is 2.24. The fourth-order valence-electron chi connectivity index (χ4n) is 1.96. The quantitative estimate of drug-likeness (QED) is 0.651. The molecule has 3 rings (SSSR count). The Morgan fingerprint density at radius 2 is 1.75 bits per heavy atom. The van der Waals surface area contributed by atoms with Gasteiger partial charge in [0.2, 0.25) is 0 Å². The molecule has 0 saturated heterocycles. The van der Waals surface area contributed by atoms with E-state index in [-0.39, 0.29) is 0 Å². The molecular weight excluding hydrogens is 196 g/mol. The summed E-state index contributed by atoms with van der Waals surface area (Å²) in [4.78, 5) is 0. The molecule has 2 heteroatoms. The van der Waals surface area contributed by atoms with Crippen molar-refractivity contribution in [1.29, 1.82) is 0 Å². The van der Waals surface area contributed by atoms with Crippen molar-refractivity contribution in [3.8, 4) is 11.1 Å². The number of H-pyrrole nitrogens is 1. The lowest BCUT2D eigenvalue weighted by molar-refractivity contribution is 1.07. The smallest absolute Gasteiger partial charge is 0.0929 e. The largest absolute Gasteiger partial charge is 0.282 e. The molecular formula is C14H12N2. The molecule has 78 valence electrons. The van der Waals surface area contributed by atoms with E-state index in [1.54, 1.807) is 0 Å². The van der Waals surface area contributed by atoms with E-state index in [9.17, 15) is 0 Å². The van der Waals surface area contributed by atoms with Crippen molar-refractivity contribution in [3.05, 3.63) is 54.2 Å². The highest BCUT2D eigenvalue weighted by molar-refractivity contribution is 5.86. The fraction of sp³-hybridized carbons (Fsp3) is 0.0714. The molecule has 1 aromatic heterocycles. The normalized spacial score (nSPS) is 10.8. The Hall–Kier alpha value is -2.09. The number of nitrogens with zero attached hydrogens (tertiary/aromatic N) is 1. The Morgan fingerprint density at radius 3 is 2.56 bits per heavy atom. The number of aromatic amines is 1. The molecule has 1 heterocycles. The van der Waals surface area contributed by atoms with E-state index in [0.29, 0.717) is 0 Å². The SMILES string of the molecule is Cc1[nH]nc2cc(-c3ccccc3)ccc12. The summed E-state index contributed by atoms with van der Waals surface area (Å²) < 4.78 is 0. The van der Waals surface area contributed by atoms with Crippen molar-refractivity contribution < 1.29 is 0 Å². The van der Waals surface area contributed by atoms with Crippen LogP contribution in [0.1, 0.15) is 5.69 Å². The van der Waals surface area contributed by atoms with Crippen molar-refractivity contribution in [1.82, 2.24) is 10.2 Å². The van der Waals surface area contributed by atoms with Gasteiger partial charge in [-0.15, -0.1) is 0 Å². The van der Waals surface area contributed by atoms with E-state index in [4.69, 9.17) is 0 Å². The number of fused-ring (bicyclic) bond motifs is 1. The minimum absolute atomic E-state index is 1.03. The van der Waals surface area contributed by atoms with Gasteiger partial charge in [-0.1, -0.05) is 42.5 Å². The van der Waals surface area contributed by atoms with Gasteiger partial charge in [0.15, 0.2) is 0 Å². The summed E-state index contributed by atoms with van der Waals surface area (Å²) in [5.74, 6) is 0. The number of benzene rings is 2. The number of rotatable bonds is 1. The molecule has 0 spiro atoms. The first kappa shape index (κ1) is 9.16. The highest BCUT2D eigenvalue weighted by atomic mass is 15.1. The Labute approximate surface area is 93.9 Å². The summed E-state index contributed by atoms with van der Waals surface area (Å²) in [5, 5.41) is 8.48. The van der Waals surface area contributed by atoms with E-state index in [2.05, 4.69) is 52.7 Å². The first-order valence-electron chi connectivity index (χ1n) is 5.35. The number of aryl methyl sites for hydroxylation is 1. The van der Waals surface area contributed by atoms with Crippen LogP contribution in [0.2, 0.25) is 0 Å². The minimum atomic E-state index is 1.03. The van der Waals surface area contributed by atoms with Crippen LogP contribution in [0, 0.1) is 6.92 Å². The van der Waals surface area contributed by atoms with Crippen molar-refractivity contribution in [3.63, 3.8) is 0 Å². The maximum atomic E-state index is 4.28. The van der Waals surface area contributed by atoms with E-state index in [1.807, 2.05) is 13.0 Å². The topological polar surface area (TPSA) is 28.7 Å². The third-order valence-corrected chi connectivity index (χ3v) is 2.85. The van der Waals surface area contributed by atoms with Crippen LogP contribution in [0.25, 0.3) is 22.0 Å². The molecule has 0 unspecified atom stereocenters. The van der Waals surface area contributed by atoms with E-state index in [1.165, 1.54) is 16.5 Å². The lowest BCUT2D eigenvalue weighted by Gasteiger charge is -2.00. The predicted molar refractivity (Wildman–Crippen MR) is 66.3 cm³/mol. The maximum Gasteiger partial charge on any atom is 0.0929 e. The van der Waals surface area contributed by atoms with E-state index in [0.717, 1.165) is 11.2 Å². The van der Waals surface area contributed by atoms with Gasteiger partial charge in [-0.05, 0) is 24.1 Å². The van der Waals surface area contributed by atoms with Gasteiger partial charge < -0.3 is 0 Å². The second-order valence-electron chi connectivity index (χ2n) is 3.95. The molecule has 0 aliphatic rings. The highest BCUT2D eigenvalue weighted by Gasteiger charge is 2.03. The summed E-state index contributed by atoms with van der Waals surface area (Å²) in [5.41, 5.74) is 4.58. The second-order valence-corrected chi connectivity index (χ2v) is 3.95. The molecule has 3 aromatic rings. The average molecular weight is 208 g/mol. The zero-order valence-electron chi connectivity index (χ0n) is 9.07. The molecule has 2 nitrogen and oxygen atoms in total. The van der Waals surface area contributed by atoms with Gasteiger partial charge in [0.05, 0.1) is 5.52 Å². The van der Waals surface area contributed by atoms with Crippen LogP contribution >= 0.6 is 0 Å². The van der Waals surface area contributed by atoms with Gasteiger partial charge in [-0.2, -0.15) is 5.10 Å². The van der Waals surface area contributed by atoms with Gasteiger partial charge in [0.1, 0.15) is 0 Å². The molecule has 0 atom stereocenters. The summed E-state index contributed by atoms with van der Waals surface area (Å²) in [6, 6.07) is 16.7. The Bertz CT molecular complexity index is 624. The van der Waals surface area contributed by atoms with Gasteiger partial charge in [0.25, 0.3) is 0 Å². The molecule has 0 radical (unpaired) electrons. The fourth-order valence-corrected chi connectivity index (χ4v) is 1.96. The minimum Gasteiger partial charge on any atom is -0.282 e. The standard InChI is InChI=1S/C14H12N2/c1-10-13-8-7-12(9-14(13)16-15-10)11-5-3-2-4-6-11/h2-9H,1H3,(H,15,16). The predicted octanol–water partition coefficient (Wildman–Crippen LogP) is 3.54. The van der Waals surface area contributed by atoms with Gasteiger partial charge >= 0.3 is 0 Å². The molecule has 2 aromatic carbocycles. The molecule has 0 amide bonds. The molecule has 1 N–H and O–H groups in total. The monoisotopic (exact) mass is 208 g/mol. The summed E-state index contributed by atoms with van der Waals surface area (Å²) in [6.07, 6.45) is 0. The van der Waals surface area contributed by atoms with Crippen LogP contribution in [0.15, 0.2) is 48.5 Å². The van der Waals surface area contributed by atoms with Crippen molar-refractivity contribution in [2.45, 2.75) is 6.92 Å². The van der Waals surface area contributed by atoms with Gasteiger partial charge in [0, 0.05) is 11.1 Å². The van der Waals surface area contributed by atoms with E-state index >= 15 is 0 Å². The lowest BCUT2D eigenvalue weighted by atomic mass is 10.0. The van der Waals surface area contributed by atoms with Gasteiger partial charge in [-0.25, -0.2) is 0 Å². The molecule has 0 saturated carbocycles. The van der Waals surface area contributed by atoms with Crippen LogP contribution in [-0.4, -0.2) is 10.2 Å². The maximum absolute atomic E-state index is 4.28. The first-order valence-corrected chi connectivity index (χ1v) is 5.35. The summed E-state index contributed by atoms with van der Waals surface area (Å²) in [6.45, 7) is 2.04. The second kappa shape index (κ2) is 3.49. The number of aromatic nitrogens is 2. The lowest BCUT2D eigenvalue weighted by Crippen LogP contribution is -1.77. The van der Waals surface area contributed by atoms with Crippen molar-refractivity contribution in [2.24, 2.45) is 0 Å². The third kappa shape index (κ3) is 1.39. The Balaban J connectivity index is 2.19. The van der Waals surface area contributed by atoms with Crippen LogP contribution in [0.5, 0.6) is 0 Å². The third-order valence-electron chi connectivity index (χ3n) is 2.85. The van der Waals surface area contributed by atoms with Crippen LogP contribution in [-0.2, 0) is 0 Å². The molecule has 0 aliphatic carbocycles. The number of hydrogen-bond acceptors (Lipinski definition) is 1. The Morgan fingerprint density at radius 1 is 0.938 bits per heavy atom. The molecule has 0 bridgehead atoms.